The number of nitrogens with one attached hydrogen (secondary N) is 1. The number of rotatable bonds is 5. The Bertz CT molecular complexity index is 733. The fourth-order valence-electron chi connectivity index (χ4n) is 2.96. The summed E-state index contributed by atoms with van der Waals surface area (Å²) < 4.78 is 0. The monoisotopic (exact) mass is 326 g/mol. The lowest BCUT2D eigenvalue weighted by atomic mass is 10.0. The van der Waals surface area contributed by atoms with E-state index < -0.39 is 6.10 Å². The predicted octanol–water partition coefficient (Wildman–Crippen LogP) is 1.63. The van der Waals surface area contributed by atoms with E-state index in [1.54, 1.807) is 6.92 Å². The second-order valence-electron chi connectivity index (χ2n) is 6.06. The van der Waals surface area contributed by atoms with Gasteiger partial charge in [-0.1, -0.05) is 30.3 Å². The molecule has 0 aliphatic carbocycles. The largest absolute Gasteiger partial charge is 0.388 e. The van der Waals surface area contributed by atoms with Crippen molar-refractivity contribution in [2.45, 2.75) is 25.9 Å². The summed E-state index contributed by atoms with van der Waals surface area (Å²) in [6.45, 7) is 3.03. The van der Waals surface area contributed by atoms with Gasteiger partial charge >= 0.3 is 0 Å². The first-order valence-corrected chi connectivity index (χ1v) is 8.16. The molecule has 2 heterocycles. The van der Waals surface area contributed by atoms with Crippen molar-refractivity contribution >= 4 is 11.7 Å². The minimum Gasteiger partial charge on any atom is -0.388 e. The zero-order chi connectivity index (χ0) is 17.1. The molecule has 1 aromatic heterocycles. The molecule has 126 valence electrons. The molecule has 1 amide bonds. The first-order chi connectivity index (χ1) is 11.6. The van der Waals surface area contributed by atoms with E-state index in [4.69, 9.17) is 0 Å². The van der Waals surface area contributed by atoms with E-state index in [1.165, 1.54) is 0 Å². The van der Waals surface area contributed by atoms with Crippen LogP contribution in [0.2, 0.25) is 0 Å². The molecule has 1 aliphatic rings. The van der Waals surface area contributed by atoms with Crippen LogP contribution in [0.5, 0.6) is 0 Å². The highest BCUT2D eigenvalue weighted by molar-refractivity contribution is 5.96. The lowest BCUT2D eigenvalue weighted by Crippen LogP contribution is -2.35. The number of aliphatic hydroxyl groups excluding tert-OH is 1. The number of aryl methyl sites for hydroxylation is 1. The van der Waals surface area contributed by atoms with Gasteiger partial charge < -0.3 is 15.3 Å². The molecule has 0 saturated carbocycles. The zero-order valence-corrected chi connectivity index (χ0v) is 14.0. The van der Waals surface area contributed by atoms with Gasteiger partial charge in [0.15, 0.2) is 0 Å². The number of amides is 1. The molecular weight excluding hydrogens is 304 g/mol. The normalized spacial score (nSPS) is 14.7. The maximum absolute atomic E-state index is 12.0. The fourth-order valence-corrected chi connectivity index (χ4v) is 2.96. The topological polar surface area (TPSA) is 78.3 Å². The molecule has 6 nitrogen and oxygen atoms in total. The van der Waals surface area contributed by atoms with Crippen LogP contribution in [-0.4, -0.2) is 41.1 Å². The van der Waals surface area contributed by atoms with Gasteiger partial charge in [-0.25, -0.2) is 9.97 Å². The summed E-state index contributed by atoms with van der Waals surface area (Å²) in [5, 5.41) is 13.1. The van der Waals surface area contributed by atoms with Crippen molar-refractivity contribution in [1.82, 2.24) is 15.3 Å². The van der Waals surface area contributed by atoms with Crippen LogP contribution in [0.4, 0.5) is 5.82 Å². The quantitative estimate of drug-likeness (QED) is 0.873. The van der Waals surface area contributed by atoms with Crippen LogP contribution in [0.15, 0.2) is 30.3 Å². The summed E-state index contributed by atoms with van der Waals surface area (Å²) in [6.07, 6.45) is 0.794. The van der Waals surface area contributed by atoms with Crippen molar-refractivity contribution in [3.8, 4) is 0 Å². The van der Waals surface area contributed by atoms with E-state index in [0.717, 1.165) is 23.4 Å². The van der Waals surface area contributed by atoms with Crippen LogP contribution in [0.3, 0.4) is 0 Å². The van der Waals surface area contributed by atoms with Crippen LogP contribution in [0.25, 0.3) is 0 Å². The molecule has 6 heteroatoms. The molecule has 0 radical (unpaired) electrons. The van der Waals surface area contributed by atoms with Crippen molar-refractivity contribution < 1.29 is 9.90 Å². The van der Waals surface area contributed by atoms with Crippen molar-refractivity contribution in [3.05, 3.63) is 53.0 Å². The first-order valence-electron chi connectivity index (χ1n) is 8.16. The third-order valence-corrected chi connectivity index (χ3v) is 4.26. The maximum Gasteiger partial charge on any atom is 0.270 e. The van der Waals surface area contributed by atoms with Crippen molar-refractivity contribution in [3.63, 3.8) is 0 Å². The van der Waals surface area contributed by atoms with Gasteiger partial charge in [0.05, 0.1) is 6.10 Å². The lowest BCUT2D eigenvalue weighted by molar-refractivity contribution is 0.0940. The predicted molar refractivity (Wildman–Crippen MR) is 92.1 cm³/mol. The molecule has 1 atom stereocenters. The first kappa shape index (κ1) is 16.4. The minimum absolute atomic E-state index is 0.138. The number of hydrogen-bond donors (Lipinski definition) is 2. The molecule has 1 aliphatic heterocycles. The summed E-state index contributed by atoms with van der Waals surface area (Å²) in [4.78, 5) is 22.8. The van der Waals surface area contributed by atoms with Crippen molar-refractivity contribution in [1.29, 1.82) is 0 Å². The Balaban J connectivity index is 1.76. The van der Waals surface area contributed by atoms with Gasteiger partial charge in [-0.3, -0.25) is 4.79 Å². The average molecular weight is 326 g/mol. The highest BCUT2D eigenvalue weighted by Gasteiger charge is 2.24. The van der Waals surface area contributed by atoms with Crippen LogP contribution in [-0.2, 0) is 6.42 Å². The molecule has 1 aromatic carbocycles. The molecular formula is C18H22N4O2. The maximum atomic E-state index is 12.0. The van der Waals surface area contributed by atoms with Gasteiger partial charge in [-0.15, -0.1) is 0 Å². The Morgan fingerprint density at radius 2 is 2.04 bits per heavy atom. The fraction of sp³-hybridized carbons (Fsp3) is 0.389. The van der Waals surface area contributed by atoms with Gasteiger partial charge in [0.25, 0.3) is 5.91 Å². The number of carbonyl (C=O) groups excluding carboxylic acids is 1. The third-order valence-electron chi connectivity index (χ3n) is 4.26. The SMILES string of the molecule is Cc1nc2c(c(N(C)CCC(O)c3ccccc3)n1)CCNC2=O. The van der Waals surface area contributed by atoms with Crippen molar-refractivity contribution in [2.75, 3.05) is 25.0 Å². The molecule has 2 N–H and O–H groups in total. The van der Waals surface area contributed by atoms with Crippen LogP contribution >= 0.6 is 0 Å². The number of nitrogens with zero attached hydrogens (tertiary/aromatic N) is 3. The number of anilines is 1. The van der Waals surface area contributed by atoms with Gasteiger partial charge in [0.1, 0.15) is 17.3 Å². The van der Waals surface area contributed by atoms with Gasteiger partial charge in [0.2, 0.25) is 0 Å². The lowest BCUT2D eigenvalue weighted by Gasteiger charge is -2.26. The van der Waals surface area contributed by atoms with Crippen LogP contribution in [0.1, 0.15) is 40.0 Å². The van der Waals surface area contributed by atoms with Crippen LogP contribution < -0.4 is 10.2 Å². The summed E-state index contributed by atoms with van der Waals surface area (Å²) in [5.74, 6) is 1.23. The third kappa shape index (κ3) is 3.38. The number of benzene rings is 1. The Hall–Kier alpha value is -2.47. The second-order valence-corrected chi connectivity index (χ2v) is 6.06. The summed E-state index contributed by atoms with van der Waals surface area (Å²) in [5.41, 5.74) is 2.27. The van der Waals surface area contributed by atoms with Crippen LogP contribution in [0, 0.1) is 6.92 Å². The van der Waals surface area contributed by atoms with E-state index in [9.17, 15) is 9.90 Å². The number of aliphatic hydroxyl groups is 1. The van der Waals surface area contributed by atoms with E-state index in [1.807, 2.05) is 42.3 Å². The van der Waals surface area contributed by atoms with Gasteiger partial charge in [-0.2, -0.15) is 0 Å². The summed E-state index contributed by atoms with van der Waals surface area (Å²) >= 11 is 0. The average Bonchev–Trinajstić information content (AvgIpc) is 2.60. The Morgan fingerprint density at radius 3 is 2.79 bits per heavy atom. The second kappa shape index (κ2) is 6.97. The highest BCUT2D eigenvalue weighted by atomic mass is 16.3. The summed E-state index contributed by atoms with van der Waals surface area (Å²) in [6, 6.07) is 9.62. The Labute approximate surface area is 141 Å². The summed E-state index contributed by atoms with van der Waals surface area (Å²) in [7, 11) is 1.94. The van der Waals surface area contributed by atoms with E-state index >= 15 is 0 Å². The Morgan fingerprint density at radius 1 is 1.29 bits per heavy atom. The number of carbonyl (C=O) groups is 1. The molecule has 2 aromatic rings. The highest BCUT2D eigenvalue weighted by Crippen LogP contribution is 2.24. The number of fused-ring (bicyclic) bond motifs is 1. The molecule has 3 rings (SSSR count). The standard InChI is InChI=1S/C18H22N4O2/c1-12-20-16-14(8-10-19-18(16)24)17(21-12)22(2)11-9-15(23)13-6-4-3-5-7-13/h3-7,15,23H,8-11H2,1-2H3,(H,19,24). The minimum atomic E-state index is -0.518. The van der Waals surface area contributed by atoms with Gasteiger partial charge in [-0.05, 0) is 25.3 Å². The molecule has 0 spiro atoms. The molecule has 1 unspecified atom stereocenters. The number of aromatic nitrogens is 2. The van der Waals surface area contributed by atoms with E-state index in [2.05, 4.69) is 15.3 Å². The molecule has 0 fully saturated rings. The zero-order valence-electron chi connectivity index (χ0n) is 14.0. The van der Waals surface area contributed by atoms with Gasteiger partial charge in [0, 0.05) is 25.7 Å². The molecule has 24 heavy (non-hydrogen) atoms. The molecule has 0 bridgehead atoms. The van der Waals surface area contributed by atoms with Crippen molar-refractivity contribution in [2.24, 2.45) is 0 Å². The molecule has 0 saturated heterocycles. The van der Waals surface area contributed by atoms with E-state index in [0.29, 0.717) is 31.0 Å². The van der Waals surface area contributed by atoms with E-state index in [-0.39, 0.29) is 5.91 Å². The smallest absolute Gasteiger partial charge is 0.270 e. The Kier molecular flexibility index (Phi) is 4.76. The number of hydrogen-bond acceptors (Lipinski definition) is 5.